The quantitative estimate of drug-likeness (QED) is 0.827. The number of benzene rings is 1. The van der Waals surface area contributed by atoms with Crippen LogP contribution in [0.1, 0.15) is 23.7 Å². The molecule has 0 aliphatic carbocycles. The van der Waals surface area contributed by atoms with Gasteiger partial charge in [-0.1, -0.05) is 6.07 Å². The van der Waals surface area contributed by atoms with E-state index in [1.165, 1.54) is 6.07 Å². The summed E-state index contributed by atoms with van der Waals surface area (Å²) in [5, 5.41) is 10.2. The van der Waals surface area contributed by atoms with Gasteiger partial charge in [0.15, 0.2) is 5.82 Å². The normalized spacial score (nSPS) is 15.0. The number of halogens is 1. The number of aryl methyl sites for hydroxylation is 1. The van der Waals surface area contributed by atoms with Crippen LogP contribution in [0.2, 0.25) is 0 Å². The number of aromatic hydroxyl groups is 1. The number of hydrogen-bond acceptors (Lipinski definition) is 7. The molecule has 0 unspecified atom stereocenters. The fourth-order valence-electron chi connectivity index (χ4n) is 3.37. The molecule has 7 nitrogen and oxygen atoms in total. The number of anilines is 2. The molecule has 27 heavy (non-hydrogen) atoms. The van der Waals surface area contributed by atoms with Crippen molar-refractivity contribution in [2.75, 3.05) is 37.8 Å². The van der Waals surface area contributed by atoms with Crippen molar-refractivity contribution in [2.45, 2.75) is 32.9 Å². The molecular formula is C19H26FN5O2. The van der Waals surface area contributed by atoms with Crippen LogP contribution in [-0.4, -0.2) is 53.3 Å². The minimum absolute atomic E-state index is 0.0837. The van der Waals surface area contributed by atoms with Gasteiger partial charge in [0.2, 0.25) is 0 Å². The van der Waals surface area contributed by atoms with E-state index in [2.05, 4.69) is 9.97 Å². The lowest BCUT2D eigenvalue weighted by molar-refractivity contribution is 0.163. The first-order valence-electron chi connectivity index (χ1n) is 8.96. The molecular weight excluding hydrogens is 349 g/mol. The Hall–Kier alpha value is -2.61. The Bertz CT molecular complexity index is 843. The smallest absolute Gasteiger partial charge is 0.318 e. The van der Waals surface area contributed by atoms with Gasteiger partial charge in [-0.2, -0.15) is 9.97 Å². The van der Waals surface area contributed by atoms with Gasteiger partial charge in [-0.15, -0.1) is 0 Å². The Labute approximate surface area is 158 Å². The van der Waals surface area contributed by atoms with Crippen LogP contribution < -0.4 is 15.4 Å². The van der Waals surface area contributed by atoms with Gasteiger partial charge in [0, 0.05) is 18.7 Å². The summed E-state index contributed by atoms with van der Waals surface area (Å²) in [4.78, 5) is 12.6. The molecule has 146 valence electrons. The molecule has 3 N–H and O–H groups in total. The Morgan fingerprint density at radius 3 is 2.81 bits per heavy atom. The average Bonchev–Trinajstić information content (AvgIpc) is 2.57. The number of aromatic nitrogens is 2. The zero-order chi connectivity index (χ0) is 19.7. The van der Waals surface area contributed by atoms with E-state index in [1.54, 1.807) is 17.9 Å². The van der Waals surface area contributed by atoms with Crippen molar-refractivity contribution in [1.82, 2.24) is 14.9 Å². The summed E-state index contributed by atoms with van der Waals surface area (Å²) in [5.41, 5.74) is 8.33. The predicted octanol–water partition coefficient (Wildman–Crippen LogP) is 2.10. The summed E-state index contributed by atoms with van der Waals surface area (Å²) >= 11 is 0. The molecule has 0 fully saturated rings. The zero-order valence-corrected chi connectivity index (χ0v) is 16.2. The second kappa shape index (κ2) is 7.56. The average molecular weight is 375 g/mol. The number of fused-ring (bicyclic) bond motifs is 1. The molecule has 1 aliphatic heterocycles. The lowest BCUT2D eigenvalue weighted by atomic mass is 10.0. The number of nitrogens with zero attached hydrogens (tertiary/aromatic N) is 4. The molecule has 1 aromatic carbocycles. The van der Waals surface area contributed by atoms with Gasteiger partial charge < -0.3 is 25.4 Å². The summed E-state index contributed by atoms with van der Waals surface area (Å²) in [6.07, 6.45) is 0.469. The largest absolute Gasteiger partial charge is 0.506 e. The first-order valence-corrected chi connectivity index (χ1v) is 8.96. The van der Waals surface area contributed by atoms with E-state index in [0.29, 0.717) is 36.6 Å². The molecule has 2 heterocycles. The molecule has 1 aliphatic rings. The van der Waals surface area contributed by atoms with E-state index in [-0.39, 0.29) is 23.6 Å². The molecule has 0 saturated heterocycles. The van der Waals surface area contributed by atoms with Gasteiger partial charge in [-0.3, -0.25) is 0 Å². The van der Waals surface area contributed by atoms with Crippen LogP contribution in [0.25, 0.3) is 0 Å². The lowest BCUT2D eigenvalue weighted by Crippen LogP contribution is -2.33. The summed E-state index contributed by atoms with van der Waals surface area (Å²) in [6, 6.07) is 3.29. The topological polar surface area (TPSA) is 87.7 Å². The highest BCUT2D eigenvalue weighted by Crippen LogP contribution is 2.36. The molecule has 2 aromatic rings. The van der Waals surface area contributed by atoms with Gasteiger partial charge >= 0.3 is 6.01 Å². The van der Waals surface area contributed by atoms with E-state index in [1.807, 2.05) is 25.9 Å². The first kappa shape index (κ1) is 19.2. The van der Waals surface area contributed by atoms with Crippen molar-refractivity contribution < 1.29 is 14.2 Å². The second-order valence-corrected chi connectivity index (χ2v) is 7.24. The Balaban J connectivity index is 1.88. The van der Waals surface area contributed by atoms with Crippen LogP contribution in [0.15, 0.2) is 12.1 Å². The van der Waals surface area contributed by atoms with Gasteiger partial charge in [0.05, 0.1) is 12.2 Å². The van der Waals surface area contributed by atoms with Crippen molar-refractivity contribution in [3.8, 4) is 11.8 Å². The molecule has 3 rings (SSSR count). The minimum Gasteiger partial charge on any atom is -0.506 e. The second-order valence-electron chi connectivity index (χ2n) is 7.24. The molecule has 0 spiro atoms. The third-order valence-electron chi connectivity index (χ3n) is 4.61. The van der Waals surface area contributed by atoms with Gasteiger partial charge in [-0.25, -0.2) is 4.39 Å². The minimum atomic E-state index is -0.420. The molecule has 8 heteroatoms. The van der Waals surface area contributed by atoms with Gasteiger partial charge in [-0.05, 0) is 46.0 Å². The summed E-state index contributed by atoms with van der Waals surface area (Å²) < 4.78 is 20.4. The van der Waals surface area contributed by atoms with Crippen molar-refractivity contribution in [3.63, 3.8) is 0 Å². The predicted molar refractivity (Wildman–Crippen MR) is 103 cm³/mol. The number of likely N-dealkylation sites (N-methyl/N-ethyl adjacent to an activating group) is 1. The van der Waals surface area contributed by atoms with Crippen molar-refractivity contribution in [1.29, 1.82) is 0 Å². The van der Waals surface area contributed by atoms with Crippen LogP contribution >= 0.6 is 0 Å². The van der Waals surface area contributed by atoms with Crippen molar-refractivity contribution >= 4 is 11.5 Å². The zero-order valence-electron chi connectivity index (χ0n) is 16.2. The molecule has 1 aromatic heterocycles. The molecule has 0 amide bonds. The fourth-order valence-corrected chi connectivity index (χ4v) is 3.37. The molecule has 0 bridgehead atoms. The number of hydrogen-bond donors (Lipinski definition) is 2. The van der Waals surface area contributed by atoms with Crippen molar-refractivity contribution in [3.05, 3.63) is 34.8 Å². The number of ether oxygens (including phenoxy) is 1. The van der Waals surface area contributed by atoms with Gasteiger partial charge in [0.25, 0.3) is 0 Å². The standard InChI is InChI=1S/C19H26FN5O2/c1-11-5-6-15(26)17(16(11)20)25-8-7-13-14(10-25)22-19(23-18(13)21)27-12(2)9-24(3)4/h5-6,12,26H,7-10H2,1-4H3,(H2,21,22,23)/t12-/m1/s1. The van der Waals surface area contributed by atoms with E-state index in [4.69, 9.17) is 10.5 Å². The van der Waals surface area contributed by atoms with E-state index < -0.39 is 5.82 Å². The number of phenols is 1. The maximum atomic E-state index is 14.6. The van der Waals surface area contributed by atoms with Crippen LogP contribution in [-0.2, 0) is 13.0 Å². The highest BCUT2D eigenvalue weighted by Gasteiger charge is 2.26. The van der Waals surface area contributed by atoms with Crippen LogP contribution in [0.3, 0.4) is 0 Å². The van der Waals surface area contributed by atoms with Crippen LogP contribution in [0, 0.1) is 12.7 Å². The molecule has 1 atom stereocenters. The maximum Gasteiger partial charge on any atom is 0.318 e. The third-order valence-corrected chi connectivity index (χ3v) is 4.61. The number of nitrogens with two attached hydrogens (primary N) is 1. The third kappa shape index (κ3) is 4.05. The highest BCUT2D eigenvalue weighted by atomic mass is 19.1. The first-order chi connectivity index (χ1) is 12.8. The maximum absolute atomic E-state index is 14.6. The lowest BCUT2D eigenvalue weighted by Gasteiger charge is -2.31. The highest BCUT2D eigenvalue weighted by molar-refractivity contribution is 5.62. The Morgan fingerprint density at radius 2 is 2.11 bits per heavy atom. The number of nitrogen functional groups attached to an aromatic ring is 1. The fraction of sp³-hybridized carbons (Fsp3) is 0.474. The van der Waals surface area contributed by atoms with E-state index in [9.17, 15) is 9.50 Å². The Kier molecular flexibility index (Phi) is 5.36. The monoisotopic (exact) mass is 375 g/mol. The number of phenolic OH excluding ortho intramolecular Hbond substituents is 1. The van der Waals surface area contributed by atoms with Crippen LogP contribution in [0.5, 0.6) is 11.8 Å². The summed E-state index contributed by atoms with van der Waals surface area (Å²) in [6.45, 7) is 5.18. The van der Waals surface area contributed by atoms with Gasteiger partial charge in [0.1, 0.15) is 23.4 Å². The van der Waals surface area contributed by atoms with Crippen LogP contribution in [0.4, 0.5) is 15.9 Å². The summed E-state index contributed by atoms with van der Waals surface area (Å²) in [7, 11) is 3.92. The van der Waals surface area contributed by atoms with E-state index >= 15 is 0 Å². The summed E-state index contributed by atoms with van der Waals surface area (Å²) in [5.74, 6) is -0.114. The number of rotatable bonds is 5. The molecule has 0 radical (unpaired) electrons. The Morgan fingerprint density at radius 1 is 1.37 bits per heavy atom. The van der Waals surface area contributed by atoms with E-state index in [0.717, 1.165) is 12.1 Å². The SMILES string of the molecule is Cc1ccc(O)c(N2CCc3c(N)nc(O[C@H](C)CN(C)C)nc3C2)c1F. The molecule has 0 saturated carbocycles. The van der Waals surface area contributed by atoms with Crippen molar-refractivity contribution in [2.24, 2.45) is 0 Å².